The summed E-state index contributed by atoms with van der Waals surface area (Å²) >= 11 is 0. The molecule has 0 aliphatic carbocycles. The molecule has 30 heavy (non-hydrogen) atoms. The number of carbonyl (C=O) groups is 1. The van der Waals surface area contributed by atoms with Crippen LogP contribution in [0.4, 0.5) is 13.2 Å². The summed E-state index contributed by atoms with van der Waals surface area (Å²) in [5.41, 5.74) is 1.72. The predicted molar refractivity (Wildman–Crippen MR) is 103 cm³/mol. The zero-order chi connectivity index (χ0) is 21.1. The minimum Gasteiger partial charge on any atom is -0.457 e. The van der Waals surface area contributed by atoms with Crippen LogP contribution in [0.3, 0.4) is 0 Å². The summed E-state index contributed by atoms with van der Waals surface area (Å²) in [5.74, 6) is 0.658. The fraction of sp³-hybridized carbons (Fsp3) is 0.182. The average molecular weight is 414 g/mol. The zero-order valence-electron chi connectivity index (χ0n) is 15.6. The molecule has 1 saturated heterocycles. The van der Waals surface area contributed by atoms with Gasteiger partial charge in [0.25, 0.3) is 0 Å². The Morgan fingerprint density at radius 3 is 2.20 bits per heavy atom. The number of nitrogens with zero attached hydrogens (tertiary/aromatic N) is 1. The van der Waals surface area contributed by atoms with Gasteiger partial charge in [-0.2, -0.15) is 13.2 Å². The molecular weight excluding hydrogens is 397 g/mol. The van der Waals surface area contributed by atoms with E-state index >= 15 is 0 Å². The van der Waals surface area contributed by atoms with Gasteiger partial charge in [-0.1, -0.05) is 6.07 Å². The second-order valence-corrected chi connectivity index (χ2v) is 6.76. The number of aromatic nitrogens is 1. The Labute approximate surface area is 170 Å². The lowest BCUT2D eigenvalue weighted by molar-refractivity contribution is -0.137. The highest BCUT2D eigenvalue weighted by atomic mass is 19.4. The Morgan fingerprint density at radius 1 is 0.967 bits per heavy atom. The molecule has 8 heteroatoms. The fourth-order valence-corrected chi connectivity index (χ4v) is 3.05. The summed E-state index contributed by atoms with van der Waals surface area (Å²) in [6.07, 6.45) is -2.68. The number of hydrogen-bond acceptors (Lipinski definition) is 4. The first-order valence-corrected chi connectivity index (χ1v) is 9.17. The maximum absolute atomic E-state index is 12.6. The van der Waals surface area contributed by atoms with Crippen molar-refractivity contribution in [3.8, 4) is 22.8 Å². The summed E-state index contributed by atoms with van der Waals surface area (Å²) in [6.45, 7) is 0.478. The van der Waals surface area contributed by atoms with Crippen LogP contribution in [0.5, 0.6) is 11.5 Å². The Kier molecular flexibility index (Phi) is 5.41. The van der Waals surface area contributed by atoms with Gasteiger partial charge in [-0.15, -0.1) is 0 Å². The molecule has 2 aromatic carbocycles. The van der Waals surface area contributed by atoms with E-state index in [2.05, 4.69) is 10.3 Å². The number of carbonyl (C=O) groups excluding carboxylic acids is 1. The smallest absolute Gasteiger partial charge is 0.416 e. The van der Waals surface area contributed by atoms with Crippen molar-refractivity contribution in [1.82, 2.24) is 10.3 Å². The van der Waals surface area contributed by atoms with Gasteiger partial charge in [-0.05, 0) is 60.2 Å². The number of morpholine rings is 1. The van der Waals surface area contributed by atoms with E-state index < -0.39 is 11.7 Å². The highest BCUT2D eigenvalue weighted by Gasteiger charge is 2.30. The molecule has 2 heterocycles. The van der Waals surface area contributed by atoms with Crippen LogP contribution in [-0.2, 0) is 15.7 Å². The predicted octanol–water partition coefficient (Wildman–Crippen LogP) is 4.75. The van der Waals surface area contributed by atoms with Crippen molar-refractivity contribution in [2.45, 2.75) is 12.2 Å². The van der Waals surface area contributed by atoms with Crippen molar-refractivity contribution in [1.29, 1.82) is 0 Å². The van der Waals surface area contributed by atoms with Crippen LogP contribution in [0, 0.1) is 0 Å². The minimum atomic E-state index is -4.38. The summed E-state index contributed by atoms with van der Waals surface area (Å²) in [5, 5.41) is 2.85. The van der Waals surface area contributed by atoms with Crippen LogP contribution in [0.2, 0.25) is 0 Å². The van der Waals surface area contributed by atoms with Crippen LogP contribution in [0.25, 0.3) is 11.3 Å². The van der Waals surface area contributed by atoms with Crippen LogP contribution in [0.15, 0.2) is 66.9 Å². The molecule has 154 valence electrons. The molecule has 1 atom stereocenters. The number of hydrogen-bond donors (Lipinski definition) is 1. The lowest BCUT2D eigenvalue weighted by Crippen LogP contribution is -2.39. The Bertz CT molecular complexity index is 1020. The molecule has 3 aromatic rings. The van der Waals surface area contributed by atoms with E-state index in [0.29, 0.717) is 18.1 Å². The van der Waals surface area contributed by atoms with Crippen LogP contribution in [-0.4, -0.2) is 24.1 Å². The van der Waals surface area contributed by atoms with Crippen LogP contribution < -0.4 is 10.1 Å². The normalized spacial score (nSPS) is 16.8. The van der Waals surface area contributed by atoms with Gasteiger partial charge in [0.2, 0.25) is 5.91 Å². The van der Waals surface area contributed by atoms with Gasteiger partial charge < -0.3 is 14.8 Å². The summed E-state index contributed by atoms with van der Waals surface area (Å²) in [4.78, 5) is 15.9. The van der Waals surface area contributed by atoms with Crippen molar-refractivity contribution < 1.29 is 27.4 Å². The maximum atomic E-state index is 12.6. The number of pyridine rings is 1. The number of rotatable bonds is 4. The quantitative estimate of drug-likeness (QED) is 0.670. The number of nitrogens with one attached hydrogen (secondary N) is 1. The summed E-state index contributed by atoms with van der Waals surface area (Å²) in [7, 11) is 0. The van der Waals surface area contributed by atoms with E-state index in [1.54, 1.807) is 18.3 Å². The molecule has 1 aliphatic rings. The minimum absolute atomic E-state index is 0.0723. The molecule has 1 aromatic heterocycles. The van der Waals surface area contributed by atoms with E-state index in [9.17, 15) is 18.0 Å². The molecule has 1 aliphatic heterocycles. The van der Waals surface area contributed by atoms with Crippen molar-refractivity contribution >= 4 is 5.91 Å². The molecule has 1 unspecified atom stereocenters. The first-order valence-electron chi connectivity index (χ1n) is 9.17. The molecule has 0 spiro atoms. The van der Waals surface area contributed by atoms with Crippen molar-refractivity contribution in [3.05, 3.63) is 78.0 Å². The van der Waals surface area contributed by atoms with Crippen LogP contribution >= 0.6 is 0 Å². The van der Waals surface area contributed by atoms with E-state index in [1.165, 1.54) is 12.1 Å². The van der Waals surface area contributed by atoms with Crippen molar-refractivity contribution in [3.63, 3.8) is 0 Å². The molecule has 5 nitrogen and oxygen atoms in total. The van der Waals surface area contributed by atoms with E-state index in [4.69, 9.17) is 9.47 Å². The third-order valence-electron chi connectivity index (χ3n) is 4.61. The van der Waals surface area contributed by atoms with Gasteiger partial charge >= 0.3 is 6.18 Å². The number of amides is 1. The number of benzene rings is 2. The van der Waals surface area contributed by atoms with Crippen molar-refractivity contribution in [2.75, 3.05) is 13.2 Å². The first-order chi connectivity index (χ1) is 14.4. The lowest BCUT2D eigenvalue weighted by Gasteiger charge is -2.23. The van der Waals surface area contributed by atoms with E-state index in [-0.39, 0.29) is 18.6 Å². The molecule has 0 bridgehead atoms. The van der Waals surface area contributed by atoms with Crippen LogP contribution in [0.1, 0.15) is 17.2 Å². The Balaban J connectivity index is 1.42. The molecule has 0 radical (unpaired) electrons. The highest BCUT2D eigenvalue weighted by molar-refractivity contribution is 5.78. The van der Waals surface area contributed by atoms with Crippen molar-refractivity contribution in [2.24, 2.45) is 0 Å². The Hall–Kier alpha value is -3.39. The van der Waals surface area contributed by atoms with Gasteiger partial charge in [-0.3, -0.25) is 9.78 Å². The topological polar surface area (TPSA) is 60.5 Å². The largest absolute Gasteiger partial charge is 0.457 e. The number of halogens is 3. The van der Waals surface area contributed by atoms with Gasteiger partial charge in [0.15, 0.2) is 0 Å². The van der Waals surface area contributed by atoms with E-state index in [1.807, 2.05) is 24.3 Å². The molecular formula is C22H17F3N2O3. The fourth-order valence-electron chi connectivity index (χ4n) is 3.05. The second kappa shape index (κ2) is 8.16. The molecule has 1 N–H and O–H groups in total. The van der Waals surface area contributed by atoms with E-state index in [0.717, 1.165) is 29.0 Å². The standard InChI is InChI=1S/C22H17F3N2O3/c23-22(24,25)16-4-8-18(9-5-16)30-17-6-1-14(2-7-17)19-10-3-15(11-26-19)20-12-29-13-21(28)27-20/h1-11,20H,12-13H2,(H,27,28). The third kappa shape index (κ3) is 4.60. The van der Waals surface area contributed by atoms with Gasteiger partial charge in [0.05, 0.1) is 23.9 Å². The summed E-state index contributed by atoms with van der Waals surface area (Å²) < 4.78 is 48.7. The number of ether oxygens (including phenoxy) is 2. The number of alkyl halides is 3. The molecule has 1 fully saturated rings. The summed E-state index contributed by atoms with van der Waals surface area (Å²) in [6, 6.07) is 15.1. The van der Waals surface area contributed by atoms with Gasteiger partial charge in [0, 0.05) is 11.8 Å². The first kappa shape index (κ1) is 19.9. The van der Waals surface area contributed by atoms with Gasteiger partial charge in [-0.25, -0.2) is 0 Å². The SMILES string of the molecule is O=C1COCC(c2ccc(-c3ccc(Oc4ccc(C(F)(F)F)cc4)cc3)nc2)N1. The molecule has 0 saturated carbocycles. The van der Waals surface area contributed by atoms with Gasteiger partial charge in [0.1, 0.15) is 18.1 Å². The zero-order valence-corrected chi connectivity index (χ0v) is 15.6. The Morgan fingerprint density at radius 2 is 1.63 bits per heavy atom. The highest BCUT2D eigenvalue weighted by Crippen LogP contribution is 2.32. The second-order valence-electron chi connectivity index (χ2n) is 6.76. The average Bonchev–Trinajstić information content (AvgIpc) is 2.74. The maximum Gasteiger partial charge on any atom is 0.416 e. The molecule has 4 rings (SSSR count). The molecule has 1 amide bonds. The lowest BCUT2D eigenvalue weighted by atomic mass is 10.1. The third-order valence-corrected chi connectivity index (χ3v) is 4.61. The monoisotopic (exact) mass is 414 g/mol.